The lowest BCUT2D eigenvalue weighted by Gasteiger charge is -1.90. The van der Waals surface area contributed by atoms with Gasteiger partial charge in [-0.25, -0.2) is 4.98 Å². The molecule has 1 rings (SSSR count). The Morgan fingerprint density at radius 2 is 2.27 bits per heavy atom. The molecule has 0 aliphatic heterocycles. The van der Waals surface area contributed by atoms with E-state index in [0.717, 1.165) is 0 Å². The van der Waals surface area contributed by atoms with Crippen LogP contribution in [0.4, 0.5) is 0 Å². The number of nitrogens with zero attached hydrogens (tertiary/aromatic N) is 1. The molecule has 4 heteroatoms. The second-order valence-electron chi connectivity index (χ2n) is 2.27. The van der Waals surface area contributed by atoms with Crippen LogP contribution in [0.25, 0.3) is 0 Å². The number of nitrogens with two attached hydrogens (primary N) is 1. The predicted molar refractivity (Wildman–Crippen MR) is 39.4 cm³/mol. The van der Waals surface area contributed by atoms with Gasteiger partial charge < -0.3 is 10.2 Å². The first-order valence-electron chi connectivity index (χ1n) is 3.32. The standard InChI is InChI=1S/C7H10N2O2/c1-4-7(6(10)3-8)11-5(2)9-4/h3,8H2,1-2H3. The van der Waals surface area contributed by atoms with E-state index < -0.39 is 0 Å². The zero-order chi connectivity index (χ0) is 8.43. The number of aromatic nitrogens is 1. The van der Waals surface area contributed by atoms with Gasteiger partial charge in [-0.05, 0) is 6.92 Å². The van der Waals surface area contributed by atoms with Crippen LogP contribution < -0.4 is 5.73 Å². The minimum atomic E-state index is -0.205. The molecule has 0 amide bonds. The minimum Gasteiger partial charge on any atom is -0.438 e. The first-order valence-corrected chi connectivity index (χ1v) is 3.32. The first-order chi connectivity index (χ1) is 5.15. The van der Waals surface area contributed by atoms with E-state index in [0.29, 0.717) is 11.6 Å². The molecule has 1 heterocycles. The molecule has 0 aliphatic carbocycles. The normalized spacial score (nSPS) is 10.1. The number of carbonyl (C=O) groups is 1. The summed E-state index contributed by atoms with van der Waals surface area (Å²) in [6.45, 7) is 3.38. The van der Waals surface area contributed by atoms with E-state index in [4.69, 9.17) is 10.2 Å². The average molecular weight is 154 g/mol. The van der Waals surface area contributed by atoms with Gasteiger partial charge in [0.05, 0.1) is 12.2 Å². The van der Waals surface area contributed by atoms with Gasteiger partial charge in [0, 0.05) is 6.92 Å². The summed E-state index contributed by atoms with van der Waals surface area (Å²) in [5.41, 5.74) is 5.75. The van der Waals surface area contributed by atoms with Gasteiger partial charge in [-0.3, -0.25) is 4.79 Å². The van der Waals surface area contributed by atoms with Crippen LogP contribution in [-0.4, -0.2) is 17.3 Å². The molecule has 0 saturated heterocycles. The lowest BCUT2D eigenvalue weighted by molar-refractivity contribution is 0.0973. The fourth-order valence-electron chi connectivity index (χ4n) is 0.883. The highest BCUT2D eigenvalue weighted by Crippen LogP contribution is 2.08. The van der Waals surface area contributed by atoms with Crippen molar-refractivity contribution in [3.63, 3.8) is 0 Å². The molecule has 0 bridgehead atoms. The zero-order valence-electron chi connectivity index (χ0n) is 6.55. The fourth-order valence-corrected chi connectivity index (χ4v) is 0.883. The highest BCUT2D eigenvalue weighted by Gasteiger charge is 2.13. The highest BCUT2D eigenvalue weighted by atomic mass is 16.4. The molecule has 1 aromatic rings. The molecular weight excluding hydrogens is 144 g/mol. The van der Waals surface area contributed by atoms with Crippen molar-refractivity contribution in [3.8, 4) is 0 Å². The van der Waals surface area contributed by atoms with Gasteiger partial charge in [0.15, 0.2) is 11.7 Å². The summed E-state index contributed by atoms with van der Waals surface area (Å²) in [6, 6.07) is 0. The molecule has 0 atom stereocenters. The topological polar surface area (TPSA) is 69.1 Å². The molecule has 0 spiro atoms. The lowest BCUT2D eigenvalue weighted by atomic mass is 10.2. The molecule has 1 aromatic heterocycles. The van der Waals surface area contributed by atoms with Gasteiger partial charge in [0.25, 0.3) is 0 Å². The third-order valence-corrected chi connectivity index (χ3v) is 1.34. The molecule has 60 valence electrons. The van der Waals surface area contributed by atoms with E-state index in [9.17, 15) is 4.79 Å². The Kier molecular flexibility index (Phi) is 2.05. The van der Waals surface area contributed by atoms with Gasteiger partial charge in [-0.1, -0.05) is 0 Å². The van der Waals surface area contributed by atoms with Crippen LogP contribution in [0, 0.1) is 13.8 Å². The van der Waals surface area contributed by atoms with Crippen molar-refractivity contribution in [2.24, 2.45) is 5.73 Å². The molecule has 0 saturated carbocycles. The Morgan fingerprint density at radius 3 is 2.64 bits per heavy atom. The van der Waals surface area contributed by atoms with Crippen molar-refractivity contribution in [3.05, 3.63) is 17.3 Å². The van der Waals surface area contributed by atoms with E-state index in [1.165, 1.54) is 0 Å². The molecule has 11 heavy (non-hydrogen) atoms. The van der Waals surface area contributed by atoms with Crippen LogP contribution in [0.15, 0.2) is 4.42 Å². The summed E-state index contributed by atoms with van der Waals surface area (Å²) in [5.74, 6) is 0.576. The zero-order valence-corrected chi connectivity index (χ0v) is 6.55. The maximum absolute atomic E-state index is 11.0. The molecule has 0 aliphatic rings. The number of ketones is 1. The Morgan fingerprint density at radius 1 is 1.64 bits per heavy atom. The van der Waals surface area contributed by atoms with Gasteiger partial charge >= 0.3 is 0 Å². The fraction of sp³-hybridized carbons (Fsp3) is 0.429. The summed E-state index contributed by atoms with van der Waals surface area (Å²) in [4.78, 5) is 14.9. The van der Waals surface area contributed by atoms with Gasteiger partial charge in [0.1, 0.15) is 0 Å². The summed E-state index contributed by atoms with van der Waals surface area (Å²) in [5, 5.41) is 0. The van der Waals surface area contributed by atoms with Crippen LogP contribution in [0.1, 0.15) is 22.1 Å². The molecule has 4 nitrogen and oxygen atoms in total. The third kappa shape index (κ3) is 1.46. The minimum absolute atomic E-state index is 0.0323. The molecule has 0 aromatic carbocycles. The monoisotopic (exact) mass is 154 g/mol. The molecular formula is C7H10N2O2. The maximum Gasteiger partial charge on any atom is 0.213 e. The summed E-state index contributed by atoms with van der Waals surface area (Å²) in [7, 11) is 0. The Labute approximate surface area is 64.4 Å². The van der Waals surface area contributed by atoms with E-state index in [1.807, 2.05) is 0 Å². The number of aryl methyl sites for hydroxylation is 2. The predicted octanol–water partition coefficient (Wildman–Crippen LogP) is 0.433. The van der Waals surface area contributed by atoms with E-state index in [-0.39, 0.29) is 18.1 Å². The number of carbonyl (C=O) groups excluding carboxylic acids is 1. The summed E-state index contributed by atoms with van der Waals surface area (Å²) >= 11 is 0. The van der Waals surface area contributed by atoms with E-state index >= 15 is 0 Å². The summed E-state index contributed by atoms with van der Waals surface area (Å²) < 4.78 is 5.03. The van der Waals surface area contributed by atoms with Crippen molar-refractivity contribution < 1.29 is 9.21 Å². The lowest BCUT2D eigenvalue weighted by Crippen LogP contribution is -2.13. The number of hydrogen-bond donors (Lipinski definition) is 1. The van der Waals surface area contributed by atoms with Crippen molar-refractivity contribution in [1.82, 2.24) is 4.98 Å². The van der Waals surface area contributed by atoms with Crippen LogP contribution in [0.3, 0.4) is 0 Å². The van der Waals surface area contributed by atoms with Crippen LogP contribution >= 0.6 is 0 Å². The molecule has 0 unspecified atom stereocenters. The molecule has 0 fully saturated rings. The Bertz CT molecular complexity index is 278. The number of hydrogen-bond acceptors (Lipinski definition) is 4. The molecule has 0 radical (unpaired) electrons. The van der Waals surface area contributed by atoms with Crippen LogP contribution in [-0.2, 0) is 0 Å². The Hall–Kier alpha value is -1.16. The van der Waals surface area contributed by atoms with Crippen molar-refractivity contribution >= 4 is 5.78 Å². The Balaban J connectivity index is 3.03. The number of rotatable bonds is 2. The number of oxazole rings is 1. The van der Waals surface area contributed by atoms with Crippen molar-refractivity contribution in [2.45, 2.75) is 13.8 Å². The second-order valence-corrected chi connectivity index (χ2v) is 2.27. The molecule has 2 N–H and O–H groups in total. The first kappa shape index (κ1) is 7.94. The van der Waals surface area contributed by atoms with E-state index in [1.54, 1.807) is 13.8 Å². The van der Waals surface area contributed by atoms with E-state index in [2.05, 4.69) is 4.98 Å². The van der Waals surface area contributed by atoms with Gasteiger partial charge in [-0.15, -0.1) is 0 Å². The second kappa shape index (κ2) is 2.84. The smallest absolute Gasteiger partial charge is 0.213 e. The summed E-state index contributed by atoms with van der Waals surface area (Å²) in [6.07, 6.45) is 0. The van der Waals surface area contributed by atoms with Gasteiger partial charge in [0.2, 0.25) is 5.78 Å². The van der Waals surface area contributed by atoms with Crippen molar-refractivity contribution in [1.29, 1.82) is 0 Å². The maximum atomic E-state index is 11.0. The van der Waals surface area contributed by atoms with Crippen LogP contribution in [0.5, 0.6) is 0 Å². The largest absolute Gasteiger partial charge is 0.438 e. The third-order valence-electron chi connectivity index (χ3n) is 1.34. The SMILES string of the molecule is Cc1nc(C)c(C(=O)CN)o1. The average Bonchev–Trinajstić information content (AvgIpc) is 2.28. The highest BCUT2D eigenvalue weighted by molar-refractivity contribution is 5.95. The quantitative estimate of drug-likeness (QED) is 0.627. The van der Waals surface area contributed by atoms with Gasteiger partial charge in [-0.2, -0.15) is 0 Å². The van der Waals surface area contributed by atoms with Crippen molar-refractivity contribution in [2.75, 3.05) is 6.54 Å². The van der Waals surface area contributed by atoms with Crippen LogP contribution in [0.2, 0.25) is 0 Å². The number of Topliss-reactive ketones (excluding diaryl/α,β-unsaturated/α-hetero) is 1.